The molecule has 18 heavy (non-hydrogen) atoms. The molecular formula is C12H13F3N2O. The maximum absolute atomic E-state index is 12.9. The lowest BCUT2D eigenvalue weighted by molar-refractivity contribution is -0.155. The predicted octanol–water partition coefficient (Wildman–Crippen LogP) is 3.23. The number of fused-ring (bicyclic) bond motifs is 1. The number of alkyl halides is 3. The molecule has 1 aromatic rings. The van der Waals surface area contributed by atoms with Crippen molar-refractivity contribution in [3.05, 3.63) is 29.8 Å². The van der Waals surface area contributed by atoms with Crippen LogP contribution >= 0.6 is 0 Å². The van der Waals surface area contributed by atoms with Crippen LogP contribution in [0, 0.1) is 0 Å². The first-order valence-electron chi connectivity index (χ1n) is 5.57. The van der Waals surface area contributed by atoms with Crippen LogP contribution in [-0.2, 0) is 0 Å². The van der Waals surface area contributed by atoms with E-state index in [4.69, 9.17) is 0 Å². The molecule has 1 aromatic carbocycles. The number of carbonyl (C=O) groups excluding carboxylic acids is 1. The molecule has 2 rings (SSSR count). The highest BCUT2D eigenvalue weighted by Gasteiger charge is 2.47. The SMILES string of the molecule is CC(C)N1C(=O)NC(C(F)(F)F)c2ccccc21. The molecular weight excluding hydrogens is 245 g/mol. The molecule has 0 bridgehead atoms. The smallest absolute Gasteiger partial charge is 0.322 e. The fourth-order valence-corrected chi connectivity index (χ4v) is 2.10. The average molecular weight is 258 g/mol. The van der Waals surface area contributed by atoms with Gasteiger partial charge in [-0.2, -0.15) is 13.2 Å². The third-order valence-electron chi connectivity index (χ3n) is 2.84. The lowest BCUT2D eigenvalue weighted by Crippen LogP contribution is -2.53. The van der Waals surface area contributed by atoms with Crippen LogP contribution in [0.25, 0.3) is 0 Å². The number of nitrogens with one attached hydrogen (secondary N) is 1. The van der Waals surface area contributed by atoms with Gasteiger partial charge in [0.2, 0.25) is 0 Å². The van der Waals surface area contributed by atoms with Gasteiger partial charge < -0.3 is 5.32 Å². The third-order valence-corrected chi connectivity index (χ3v) is 2.84. The molecule has 1 aliphatic heterocycles. The van der Waals surface area contributed by atoms with Gasteiger partial charge in [-0.15, -0.1) is 0 Å². The van der Waals surface area contributed by atoms with E-state index in [0.29, 0.717) is 5.69 Å². The molecule has 1 heterocycles. The van der Waals surface area contributed by atoms with Crippen LogP contribution in [0.2, 0.25) is 0 Å². The molecule has 0 aromatic heterocycles. The quantitative estimate of drug-likeness (QED) is 0.824. The van der Waals surface area contributed by atoms with Crippen LogP contribution in [0.3, 0.4) is 0 Å². The number of nitrogens with zero attached hydrogens (tertiary/aromatic N) is 1. The second kappa shape index (κ2) is 4.19. The van der Waals surface area contributed by atoms with Gasteiger partial charge in [0.25, 0.3) is 0 Å². The Kier molecular flexibility index (Phi) is 2.96. The van der Waals surface area contributed by atoms with Crippen molar-refractivity contribution >= 4 is 11.7 Å². The minimum absolute atomic E-state index is 0.0818. The highest BCUT2D eigenvalue weighted by molar-refractivity contribution is 5.96. The first kappa shape index (κ1) is 12.7. The van der Waals surface area contributed by atoms with E-state index in [1.165, 1.54) is 23.1 Å². The molecule has 1 N–H and O–H groups in total. The molecule has 2 amide bonds. The number of rotatable bonds is 1. The van der Waals surface area contributed by atoms with Crippen LogP contribution in [0.1, 0.15) is 25.5 Å². The molecule has 98 valence electrons. The van der Waals surface area contributed by atoms with Crippen molar-refractivity contribution in [1.82, 2.24) is 5.32 Å². The maximum Gasteiger partial charge on any atom is 0.413 e. The lowest BCUT2D eigenvalue weighted by atomic mass is 10.00. The Balaban J connectivity index is 2.55. The van der Waals surface area contributed by atoms with E-state index in [2.05, 4.69) is 0 Å². The molecule has 3 nitrogen and oxygen atoms in total. The van der Waals surface area contributed by atoms with Gasteiger partial charge in [0.15, 0.2) is 6.04 Å². The summed E-state index contributed by atoms with van der Waals surface area (Å²) >= 11 is 0. The summed E-state index contributed by atoms with van der Waals surface area (Å²) in [5, 5.41) is 2.01. The summed E-state index contributed by atoms with van der Waals surface area (Å²) in [6.07, 6.45) is -4.49. The van der Waals surface area contributed by atoms with Gasteiger partial charge in [0.1, 0.15) is 0 Å². The largest absolute Gasteiger partial charge is 0.413 e. The Morgan fingerprint density at radius 1 is 1.28 bits per heavy atom. The average Bonchev–Trinajstić information content (AvgIpc) is 2.25. The van der Waals surface area contributed by atoms with E-state index >= 15 is 0 Å². The number of benzene rings is 1. The molecule has 0 aliphatic carbocycles. The zero-order chi connectivity index (χ0) is 13.5. The number of anilines is 1. The second-order valence-electron chi connectivity index (χ2n) is 4.45. The summed E-state index contributed by atoms with van der Waals surface area (Å²) in [7, 11) is 0. The predicted molar refractivity (Wildman–Crippen MR) is 61.4 cm³/mol. The van der Waals surface area contributed by atoms with Gasteiger partial charge in [0.05, 0.1) is 5.69 Å². The topological polar surface area (TPSA) is 32.3 Å². The fraction of sp³-hybridized carbons (Fsp3) is 0.417. The Morgan fingerprint density at radius 2 is 1.89 bits per heavy atom. The number of carbonyl (C=O) groups is 1. The number of amides is 2. The van der Waals surface area contributed by atoms with Gasteiger partial charge in [0, 0.05) is 11.6 Å². The minimum atomic E-state index is -4.49. The van der Waals surface area contributed by atoms with Crippen LogP contribution in [-0.4, -0.2) is 18.2 Å². The lowest BCUT2D eigenvalue weighted by Gasteiger charge is -2.37. The number of halogens is 3. The fourth-order valence-electron chi connectivity index (χ4n) is 2.10. The summed E-state index contributed by atoms with van der Waals surface area (Å²) in [6.45, 7) is 3.51. The molecule has 0 saturated heterocycles. The Bertz CT molecular complexity index is 471. The third kappa shape index (κ3) is 2.02. The summed E-state index contributed by atoms with van der Waals surface area (Å²) in [5.74, 6) is 0. The van der Waals surface area contributed by atoms with Crippen molar-refractivity contribution < 1.29 is 18.0 Å². The maximum atomic E-state index is 12.9. The van der Waals surface area contributed by atoms with Crippen molar-refractivity contribution in [3.63, 3.8) is 0 Å². The van der Waals surface area contributed by atoms with Gasteiger partial charge in [-0.25, -0.2) is 4.79 Å². The van der Waals surface area contributed by atoms with Gasteiger partial charge in [-0.05, 0) is 19.9 Å². The van der Waals surface area contributed by atoms with E-state index in [1.807, 2.05) is 5.32 Å². The zero-order valence-electron chi connectivity index (χ0n) is 9.95. The number of hydrogen-bond acceptors (Lipinski definition) is 1. The van der Waals surface area contributed by atoms with E-state index in [-0.39, 0.29) is 11.6 Å². The number of urea groups is 1. The standard InChI is InChI=1S/C12H13F3N2O/c1-7(2)17-9-6-4-3-5-8(9)10(12(13,14)15)16-11(17)18/h3-7,10H,1-2H3,(H,16,18). The van der Waals surface area contributed by atoms with E-state index in [9.17, 15) is 18.0 Å². The summed E-state index contributed by atoms with van der Waals surface area (Å²) in [6, 6.07) is 3.23. The summed E-state index contributed by atoms with van der Waals surface area (Å²) in [5.41, 5.74) is 0.400. The Morgan fingerprint density at radius 3 is 2.44 bits per heavy atom. The number of para-hydroxylation sites is 1. The van der Waals surface area contributed by atoms with Crippen molar-refractivity contribution in [1.29, 1.82) is 0 Å². The highest BCUT2D eigenvalue weighted by atomic mass is 19.4. The first-order valence-corrected chi connectivity index (χ1v) is 5.57. The molecule has 6 heteroatoms. The van der Waals surface area contributed by atoms with E-state index in [0.717, 1.165) is 0 Å². The van der Waals surface area contributed by atoms with Gasteiger partial charge in [-0.1, -0.05) is 18.2 Å². The minimum Gasteiger partial charge on any atom is -0.322 e. The Hall–Kier alpha value is -1.72. The molecule has 1 aliphatic rings. The van der Waals surface area contributed by atoms with E-state index < -0.39 is 18.2 Å². The molecule has 1 atom stereocenters. The zero-order valence-corrected chi connectivity index (χ0v) is 9.95. The molecule has 0 saturated carbocycles. The Labute approximate surface area is 103 Å². The molecule has 0 spiro atoms. The highest BCUT2D eigenvalue weighted by Crippen LogP contribution is 2.40. The van der Waals surface area contributed by atoms with Crippen molar-refractivity contribution in [2.24, 2.45) is 0 Å². The summed E-state index contributed by atoms with van der Waals surface area (Å²) < 4.78 is 38.7. The van der Waals surface area contributed by atoms with Gasteiger partial charge >= 0.3 is 12.2 Å². The first-order chi connectivity index (χ1) is 8.32. The normalized spacial score (nSPS) is 19.8. The van der Waals surface area contributed by atoms with Crippen LogP contribution in [0.4, 0.5) is 23.7 Å². The van der Waals surface area contributed by atoms with Gasteiger partial charge in [-0.3, -0.25) is 4.90 Å². The summed E-state index contributed by atoms with van der Waals surface area (Å²) in [4.78, 5) is 13.1. The van der Waals surface area contributed by atoms with Crippen molar-refractivity contribution in [2.45, 2.75) is 32.1 Å². The van der Waals surface area contributed by atoms with Crippen LogP contribution in [0.5, 0.6) is 0 Å². The van der Waals surface area contributed by atoms with Crippen molar-refractivity contribution in [3.8, 4) is 0 Å². The molecule has 0 radical (unpaired) electrons. The molecule has 1 unspecified atom stereocenters. The van der Waals surface area contributed by atoms with E-state index in [1.54, 1.807) is 19.9 Å². The van der Waals surface area contributed by atoms with Crippen molar-refractivity contribution in [2.75, 3.05) is 4.90 Å². The monoisotopic (exact) mass is 258 g/mol. The second-order valence-corrected chi connectivity index (χ2v) is 4.45. The molecule has 0 fully saturated rings. The van der Waals surface area contributed by atoms with Crippen LogP contribution in [0.15, 0.2) is 24.3 Å². The number of hydrogen-bond donors (Lipinski definition) is 1. The van der Waals surface area contributed by atoms with Crippen LogP contribution < -0.4 is 10.2 Å².